The fourth-order valence-corrected chi connectivity index (χ4v) is 3.41. The normalized spacial score (nSPS) is 12.8. The van der Waals surface area contributed by atoms with Crippen LogP contribution in [0.2, 0.25) is 0 Å². The lowest BCUT2D eigenvalue weighted by Crippen LogP contribution is -2.01. The Kier molecular flexibility index (Phi) is 3.09. The second-order valence-electron chi connectivity index (χ2n) is 4.69. The molecule has 0 aliphatic carbocycles. The first-order valence-corrected chi connectivity index (χ1v) is 7.07. The van der Waals surface area contributed by atoms with E-state index in [4.69, 9.17) is 0 Å². The van der Waals surface area contributed by atoms with Gasteiger partial charge in [-0.15, -0.1) is 11.3 Å². The first kappa shape index (κ1) is 12.3. The number of aromatic nitrogens is 1. The third kappa shape index (κ3) is 2.15. The molecule has 0 amide bonds. The van der Waals surface area contributed by atoms with Crippen molar-refractivity contribution in [2.45, 2.75) is 20.0 Å². The zero-order chi connectivity index (χ0) is 13.4. The van der Waals surface area contributed by atoms with E-state index in [-0.39, 0.29) is 0 Å². The number of fused-ring (bicyclic) bond motifs is 1. The second-order valence-corrected chi connectivity index (χ2v) is 6.15. The molecule has 3 rings (SSSR count). The Morgan fingerprint density at radius 3 is 2.68 bits per heavy atom. The lowest BCUT2D eigenvalue weighted by molar-refractivity contribution is 0.221. The summed E-state index contributed by atoms with van der Waals surface area (Å²) in [6.45, 7) is 4.12. The standard InChI is InChI=1S/C16H15NOS/c1-10-9-14(11(2)19-10)16(18)13-5-3-7-15-12(13)6-4-8-17-15/h3-9,16,18H,1-2H3. The van der Waals surface area contributed by atoms with Gasteiger partial charge in [-0.3, -0.25) is 4.98 Å². The van der Waals surface area contributed by atoms with Crippen LogP contribution in [0.15, 0.2) is 42.6 Å². The lowest BCUT2D eigenvalue weighted by atomic mass is 9.98. The molecule has 0 fully saturated rings. The summed E-state index contributed by atoms with van der Waals surface area (Å²) in [5.41, 5.74) is 2.84. The molecule has 0 aliphatic heterocycles. The van der Waals surface area contributed by atoms with Crippen LogP contribution >= 0.6 is 11.3 Å². The van der Waals surface area contributed by atoms with Crippen LogP contribution in [0.5, 0.6) is 0 Å². The Hall–Kier alpha value is -1.71. The van der Waals surface area contributed by atoms with Gasteiger partial charge in [0.2, 0.25) is 0 Å². The number of benzene rings is 1. The van der Waals surface area contributed by atoms with Crippen molar-refractivity contribution in [1.29, 1.82) is 0 Å². The van der Waals surface area contributed by atoms with Gasteiger partial charge in [-0.2, -0.15) is 0 Å². The van der Waals surface area contributed by atoms with Crippen LogP contribution in [0.25, 0.3) is 10.9 Å². The molecule has 1 aromatic carbocycles. The Bertz CT molecular complexity index is 727. The molecule has 1 atom stereocenters. The first-order chi connectivity index (χ1) is 9.16. The molecule has 0 saturated carbocycles. The van der Waals surface area contributed by atoms with Crippen molar-refractivity contribution < 1.29 is 5.11 Å². The van der Waals surface area contributed by atoms with Gasteiger partial charge in [0, 0.05) is 21.3 Å². The van der Waals surface area contributed by atoms with Gasteiger partial charge in [0.15, 0.2) is 0 Å². The third-order valence-corrected chi connectivity index (χ3v) is 4.33. The predicted molar refractivity (Wildman–Crippen MR) is 79.6 cm³/mol. The van der Waals surface area contributed by atoms with E-state index in [0.29, 0.717) is 0 Å². The summed E-state index contributed by atoms with van der Waals surface area (Å²) in [6, 6.07) is 11.9. The number of pyridine rings is 1. The zero-order valence-electron chi connectivity index (χ0n) is 10.9. The summed E-state index contributed by atoms with van der Waals surface area (Å²) in [6.07, 6.45) is 1.19. The fraction of sp³-hybridized carbons (Fsp3) is 0.188. The third-order valence-electron chi connectivity index (χ3n) is 3.35. The average Bonchev–Trinajstić information content (AvgIpc) is 2.76. The molecule has 1 unspecified atom stereocenters. The maximum atomic E-state index is 10.7. The van der Waals surface area contributed by atoms with E-state index in [0.717, 1.165) is 22.0 Å². The summed E-state index contributed by atoms with van der Waals surface area (Å²) in [5, 5.41) is 11.7. The average molecular weight is 269 g/mol. The number of thiophene rings is 1. The van der Waals surface area contributed by atoms with Gasteiger partial charge in [-0.1, -0.05) is 18.2 Å². The number of aryl methyl sites for hydroxylation is 2. The summed E-state index contributed by atoms with van der Waals surface area (Å²) in [5.74, 6) is 0. The number of aliphatic hydroxyl groups is 1. The molecule has 0 bridgehead atoms. The first-order valence-electron chi connectivity index (χ1n) is 6.25. The molecule has 96 valence electrons. The number of hydrogen-bond donors (Lipinski definition) is 1. The maximum absolute atomic E-state index is 10.7. The van der Waals surface area contributed by atoms with E-state index in [1.165, 1.54) is 9.75 Å². The minimum Gasteiger partial charge on any atom is -0.384 e. The number of aliphatic hydroxyl groups excluding tert-OH is 1. The molecular weight excluding hydrogens is 254 g/mol. The van der Waals surface area contributed by atoms with Crippen LogP contribution in [-0.4, -0.2) is 10.1 Å². The van der Waals surface area contributed by atoms with Gasteiger partial charge in [-0.25, -0.2) is 0 Å². The van der Waals surface area contributed by atoms with Gasteiger partial charge in [0.05, 0.1) is 5.52 Å². The summed E-state index contributed by atoms with van der Waals surface area (Å²) in [4.78, 5) is 6.74. The highest BCUT2D eigenvalue weighted by atomic mass is 32.1. The van der Waals surface area contributed by atoms with E-state index in [1.54, 1.807) is 17.5 Å². The van der Waals surface area contributed by atoms with Crippen molar-refractivity contribution >= 4 is 22.2 Å². The summed E-state index contributed by atoms with van der Waals surface area (Å²) in [7, 11) is 0. The molecule has 0 spiro atoms. The Balaban J connectivity index is 2.16. The van der Waals surface area contributed by atoms with Crippen LogP contribution < -0.4 is 0 Å². The van der Waals surface area contributed by atoms with E-state index in [2.05, 4.69) is 24.9 Å². The molecule has 0 saturated heterocycles. The van der Waals surface area contributed by atoms with Crippen molar-refractivity contribution in [3.63, 3.8) is 0 Å². The monoisotopic (exact) mass is 269 g/mol. The van der Waals surface area contributed by atoms with Gasteiger partial charge < -0.3 is 5.11 Å². The van der Waals surface area contributed by atoms with Gasteiger partial charge in [-0.05, 0) is 43.2 Å². The molecule has 0 radical (unpaired) electrons. The molecule has 3 aromatic rings. The molecular formula is C16H15NOS. The van der Waals surface area contributed by atoms with E-state index >= 15 is 0 Å². The topological polar surface area (TPSA) is 33.1 Å². The van der Waals surface area contributed by atoms with Crippen LogP contribution in [-0.2, 0) is 0 Å². The Labute approximate surface area is 116 Å². The SMILES string of the molecule is Cc1cc(C(O)c2cccc3ncccc23)c(C)s1. The van der Waals surface area contributed by atoms with Crippen molar-refractivity contribution in [1.82, 2.24) is 4.98 Å². The van der Waals surface area contributed by atoms with Crippen LogP contribution in [0.1, 0.15) is 27.0 Å². The molecule has 0 aliphatic rings. The van der Waals surface area contributed by atoms with Crippen LogP contribution in [0, 0.1) is 13.8 Å². The minimum absolute atomic E-state index is 0.585. The van der Waals surface area contributed by atoms with Crippen LogP contribution in [0.3, 0.4) is 0 Å². The highest BCUT2D eigenvalue weighted by molar-refractivity contribution is 7.12. The van der Waals surface area contributed by atoms with Crippen molar-refractivity contribution in [3.8, 4) is 0 Å². The minimum atomic E-state index is -0.585. The van der Waals surface area contributed by atoms with Gasteiger partial charge in [0.1, 0.15) is 6.10 Å². The fourth-order valence-electron chi connectivity index (χ4n) is 2.46. The predicted octanol–water partition coefficient (Wildman–Crippen LogP) is 3.99. The lowest BCUT2D eigenvalue weighted by Gasteiger charge is -2.13. The Morgan fingerprint density at radius 2 is 1.95 bits per heavy atom. The molecule has 2 aromatic heterocycles. The maximum Gasteiger partial charge on any atom is 0.106 e. The number of nitrogens with zero attached hydrogens (tertiary/aromatic N) is 1. The molecule has 1 N–H and O–H groups in total. The molecule has 2 heterocycles. The summed E-state index contributed by atoms with van der Waals surface area (Å²) < 4.78 is 0. The highest BCUT2D eigenvalue weighted by Gasteiger charge is 2.17. The van der Waals surface area contributed by atoms with Crippen molar-refractivity contribution in [3.05, 3.63) is 63.5 Å². The largest absolute Gasteiger partial charge is 0.384 e. The van der Waals surface area contributed by atoms with Crippen LogP contribution in [0.4, 0.5) is 0 Å². The Morgan fingerprint density at radius 1 is 1.11 bits per heavy atom. The van der Waals surface area contributed by atoms with E-state index in [1.807, 2.05) is 30.3 Å². The van der Waals surface area contributed by atoms with E-state index < -0.39 is 6.10 Å². The van der Waals surface area contributed by atoms with Gasteiger partial charge in [0.25, 0.3) is 0 Å². The number of hydrogen-bond acceptors (Lipinski definition) is 3. The van der Waals surface area contributed by atoms with Gasteiger partial charge >= 0.3 is 0 Å². The van der Waals surface area contributed by atoms with Crippen molar-refractivity contribution in [2.24, 2.45) is 0 Å². The second kappa shape index (κ2) is 4.76. The smallest absolute Gasteiger partial charge is 0.106 e. The van der Waals surface area contributed by atoms with Crippen molar-refractivity contribution in [2.75, 3.05) is 0 Å². The molecule has 19 heavy (non-hydrogen) atoms. The summed E-state index contributed by atoms with van der Waals surface area (Å²) >= 11 is 1.72. The van der Waals surface area contributed by atoms with E-state index in [9.17, 15) is 5.11 Å². The zero-order valence-corrected chi connectivity index (χ0v) is 11.7. The number of rotatable bonds is 2. The quantitative estimate of drug-likeness (QED) is 0.763. The highest BCUT2D eigenvalue weighted by Crippen LogP contribution is 2.33. The molecule has 3 heteroatoms. The molecule has 2 nitrogen and oxygen atoms in total.